The van der Waals surface area contributed by atoms with Crippen molar-refractivity contribution in [3.05, 3.63) is 22.7 Å². The van der Waals surface area contributed by atoms with Crippen LogP contribution < -0.4 is 10.2 Å². The molecular formula is C12H16ClN7O. The van der Waals surface area contributed by atoms with E-state index >= 15 is 0 Å². The van der Waals surface area contributed by atoms with Crippen molar-refractivity contribution < 1.29 is 4.74 Å². The van der Waals surface area contributed by atoms with Gasteiger partial charge in [0.25, 0.3) is 0 Å². The summed E-state index contributed by atoms with van der Waals surface area (Å²) in [5, 5.41) is 10.2. The van der Waals surface area contributed by atoms with Gasteiger partial charge in [0.05, 0.1) is 19.4 Å². The van der Waals surface area contributed by atoms with Crippen LogP contribution in [-0.2, 0) is 11.3 Å². The summed E-state index contributed by atoms with van der Waals surface area (Å²) in [6.45, 7) is 5.37. The summed E-state index contributed by atoms with van der Waals surface area (Å²) in [5.74, 6) is 1.03. The largest absolute Gasteiger partial charge is 0.378 e. The SMILES string of the molecule is Cc1[nH]ncc1CNc1nc(Cl)nc(N2CCOCC2)n1. The van der Waals surface area contributed by atoms with Gasteiger partial charge in [-0.25, -0.2) is 0 Å². The minimum atomic E-state index is 0.179. The summed E-state index contributed by atoms with van der Waals surface area (Å²) in [6.07, 6.45) is 1.77. The Morgan fingerprint density at radius 3 is 2.86 bits per heavy atom. The lowest BCUT2D eigenvalue weighted by Gasteiger charge is -2.26. The third-order valence-corrected chi connectivity index (χ3v) is 3.43. The highest BCUT2D eigenvalue weighted by atomic mass is 35.5. The van der Waals surface area contributed by atoms with Gasteiger partial charge in [-0.3, -0.25) is 5.10 Å². The first-order valence-electron chi connectivity index (χ1n) is 6.69. The number of halogens is 1. The van der Waals surface area contributed by atoms with Gasteiger partial charge >= 0.3 is 0 Å². The highest BCUT2D eigenvalue weighted by Crippen LogP contribution is 2.15. The van der Waals surface area contributed by atoms with E-state index in [0.29, 0.717) is 31.7 Å². The Labute approximate surface area is 126 Å². The van der Waals surface area contributed by atoms with E-state index in [4.69, 9.17) is 16.3 Å². The Hall–Kier alpha value is -1.93. The third-order valence-electron chi connectivity index (χ3n) is 3.26. The maximum absolute atomic E-state index is 5.98. The molecule has 0 bridgehead atoms. The summed E-state index contributed by atoms with van der Waals surface area (Å²) in [6, 6.07) is 0. The quantitative estimate of drug-likeness (QED) is 0.870. The lowest BCUT2D eigenvalue weighted by atomic mass is 10.3. The molecule has 2 aromatic heterocycles. The fourth-order valence-electron chi connectivity index (χ4n) is 2.05. The molecule has 1 aliphatic heterocycles. The topological polar surface area (TPSA) is 91.9 Å². The minimum Gasteiger partial charge on any atom is -0.378 e. The molecule has 0 aliphatic carbocycles. The summed E-state index contributed by atoms with van der Waals surface area (Å²) in [7, 11) is 0. The van der Waals surface area contributed by atoms with Crippen LogP contribution in [0.3, 0.4) is 0 Å². The first kappa shape index (κ1) is 14.0. The number of nitrogens with one attached hydrogen (secondary N) is 2. The molecule has 0 atom stereocenters. The first-order chi connectivity index (χ1) is 10.2. The second-order valence-electron chi connectivity index (χ2n) is 4.70. The van der Waals surface area contributed by atoms with Gasteiger partial charge in [-0.2, -0.15) is 20.1 Å². The number of nitrogens with zero attached hydrogens (tertiary/aromatic N) is 5. The second-order valence-corrected chi connectivity index (χ2v) is 5.04. The third kappa shape index (κ3) is 3.40. The van der Waals surface area contributed by atoms with E-state index in [1.807, 2.05) is 11.8 Å². The molecule has 3 rings (SSSR count). The number of H-pyrrole nitrogens is 1. The van der Waals surface area contributed by atoms with Gasteiger partial charge in [-0.05, 0) is 18.5 Å². The molecule has 2 aromatic rings. The number of hydrogen-bond acceptors (Lipinski definition) is 7. The van der Waals surface area contributed by atoms with E-state index in [2.05, 4.69) is 30.5 Å². The molecule has 21 heavy (non-hydrogen) atoms. The van der Waals surface area contributed by atoms with Crippen LogP contribution in [0.4, 0.5) is 11.9 Å². The van der Waals surface area contributed by atoms with Crippen LogP contribution in [0.15, 0.2) is 6.20 Å². The number of aryl methyl sites for hydroxylation is 1. The Morgan fingerprint density at radius 2 is 2.14 bits per heavy atom. The zero-order valence-corrected chi connectivity index (χ0v) is 12.4. The lowest BCUT2D eigenvalue weighted by molar-refractivity contribution is 0.122. The van der Waals surface area contributed by atoms with Crippen molar-refractivity contribution in [1.82, 2.24) is 25.1 Å². The number of anilines is 2. The van der Waals surface area contributed by atoms with Gasteiger partial charge in [0.2, 0.25) is 17.2 Å². The molecule has 8 nitrogen and oxygen atoms in total. The maximum Gasteiger partial charge on any atom is 0.231 e. The Balaban J connectivity index is 1.73. The monoisotopic (exact) mass is 309 g/mol. The smallest absolute Gasteiger partial charge is 0.231 e. The fourth-order valence-corrected chi connectivity index (χ4v) is 2.21. The van der Waals surface area contributed by atoms with Crippen LogP contribution in [0.5, 0.6) is 0 Å². The number of aromatic nitrogens is 5. The first-order valence-corrected chi connectivity index (χ1v) is 7.07. The van der Waals surface area contributed by atoms with Crippen LogP contribution in [-0.4, -0.2) is 51.5 Å². The number of ether oxygens (including phenoxy) is 1. The standard InChI is InChI=1S/C12H16ClN7O/c1-8-9(7-15-19-8)6-14-11-16-10(13)17-12(18-11)20-2-4-21-5-3-20/h7H,2-6H2,1H3,(H,15,19)(H,14,16,17,18). The summed E-state index contributed by atoms with van der Waals surface area (Å²) < 4.78 is 5.32. The summed E-state index contributed by atoms with van der Waals surface area (Å²) in [5.41, 5.74) is 2.07. The molecule has 1 fully saturated rings. The van der Waals surface area contributed by atoms with Crippen molar-refractivity contribution in [2.24, 2.45) is 0 Å². The predicted octanol–water partition coefficient (Wildman–Crippen LogP) is 1.01. The van der Waals surface area contributed by atoms with Gasteiger partial charge in [0.1, 0.15) is 0 Å². The Bertz CT molecular complexity index is 611. The van der Waals surface area contributed by atoms with Crippen molar-refractivity contribution in [2.45, 2.75) is 13.5 Å². The predicted molar refractivity (Wildman–Crippen MR) is 78.5 cm³/mol. The van der Waals surface area contributed by atoms with Crippen molar-refractivity contribution in [3.63, 3.8) is 0 Å². The zero-order valence-electron chi connectivity index (χ0n) is 11.6. The minimum absolute atomic E-state index is 0.179. The van der Waals surface area contributed by atoms with E-state index in [-0.39, 0.29) is 5.28 Å². The molecule has 0 saturated carbocycles. The number of hydrogen-bond donors (Lipinski definition) is 2. The molecule has 0 radical (unpaired) electrons. The van der Waals surface area contributed by atoms with Crippen molar-refractivity contribution in [2.75, 3.05) is 36.5 Å². The average molecular weight is 310 g/mol. The molecule has 3 heterocycles. The highest BCUT2D eigenvalue weighted by Gasteiger charge is 2.16. The van der Waals surface area contributed by atoms with Crippen molar-refractivity contribution in [3.8, 4) is 0 Å². The van der Waals surface area contributed by atoms with E-state index < -0.39 is 0 Å². The molecule has 2 N–H and O–H groups in total. The van der Waals surface area contributed by atoms with E-state index in [9.17, 15) is 0 Å². The Kier molecular flexibility index (Phi) is 4.16. The second kappa shape index (κ2) is 6.23. The average Bonchev–Trinajstić information content (AvgIpc) is 2.91. The van der Waals surface area contributed by atoms with E-state index in [0.717, 1.165) is 24.3 Å². The number of aromatic amines is 1. The number of rotatable bonds is 4. The van der Waals surface area contributed by atoms with Gasteiger partial charge < -0.3 is 15.0 Å². The van der Waals surface area contributed by atoms with Crippen LogP contribution >= 0.6 is 11.6 Å². The zero-order chi connectivity index (χ0) is 14.7. The van der Waals surface area contributed by atoms with E-state index in [1.54, 1.807) is 6.20 Å². The van der Waals surface area contributed by atoms with Crippen LogP contribution in [0.1, 0.15) is 11.3 Å². The van der Waals surface area contributed by atoms with Crippen LogP contribution in [0, 0.1) is 6.92 Å². The van der Waals surface area contributed by atoms with Gasteiger partial charge in [-0.1, -0.05) is 0 Å². The molecule has 0 aromatic carbocycles. The van der Waals surface area contributed by atoms with Gasteiger partial charge in [0, 0.05) is 30.9 Å². The molecule has 0 spiro atoms. The molecule has 1 aliphatic rings. The summed E-state index contributed by atoms with van der Waals surface area (Å²) >= 11 is 5.98. The van der Waals surface area contributed by atoms with Crippen molar-refractivity contribution >= 4 is 23.5 Å². The summed E-state index contributed by atoms with van der Waals surface area (Å²) in [4.78, 5) is 14.7. The van der Waals surface area contributed by atoms with Crippen LogP contribution in [0.25, 0.3) is 0 Å². The van der Waals surface area contributed by atoms with Crippen molar-refractivity contribution in [1.29, 1.82) is 0 Å². The van der Waals surface area contributed by atoms with Gasteiger partial charge in [0.15, 0.2) is 0 Å². The highest BCUT2D eigenvalue weighted by molar-refractivity contribution is 6.28. The lowest BCUT2D eigenvalue weighted by Crippen LogP contribution is -2.37. The Morgan fingerprint density at radius 1 is 1.33 bits per heavy atom. The molecule has 0 unspecified atom stereocenters. The fraction of sp³-hybridized carbons (Fsp3) is 0.500. The molecule has 9 heteroatoms. The van der Waals surface area contributed by atoms with E-state index in [1.165, 1.54) is 0 Å². The van der Waals surface area contributed by atoms with Gasteiger partial charge in [-0.15, -0.1) is 0 Å². The molecular weight excluding hydrogens is 294 g/mol. The number of morpholine rings is 1. The molecule has 0 amide bonds. The van der Waals surface area contributed by atoms with Crippen LogP contribution in [0.2, 0.25) is 5.28 Å². The normalized spacial score (nSPS) is 15.2. The molecule has 112 valence electrons. The molecule has 1 saturated heterocycles. The maximum atomic E-state index is 5.98.